The minimum Gasteiger partial charge on any atom is -0.748 e. The van der Waals surface area contributed by atoms with E-state index in [1.54, 1.807) is 6.92 Å². The Balaban J connectivity index is 0. The molecule has 0 N–H and O–H groups in total. The smallest absolute Gasteiger partial charge is 0.748 e. The molecule has 0 bridgehead atoms. The van der Waals surface area contributed by atoms with Crippen LogP contribution in [0, 0.1) is 0 Å². The van der Waals surface area contributed by atoms with Crippen LogP contribution in [0.3, 0.4) is 0 Å². The maximum Gasteiger partial charge on any atom is 1.00 e. The Hall–Kier alpha value is 0.910. The van der Waals surface area contributed by atoms with Gasteiger partial charge in [0.15, 0.2) is 0 Å². The predicted molar refractivity (Wildman–Crippen MR) is 29.5 cm³/mol. The quantitative estimate of drug-likeness (QED) is 0.327. The van der Waals surface area contributed by atoms with E-state index >= 15 is 0 Å². The third kappa shape index (κ3) is 5.36. The summed E-state index contributed by atoms with van der Waals surface area (Å²) in [5.41, 5.74) is 0. The molecule has 0 aliphatic carbocycles. The van der Waals surface area contributed by atoms with Crippen LogP contribution >= 0.6 is 0 Å². The Kier molecular flexibility index (Phi) is 6.54. The van der Waals surface area contributed by atoms with Crippen LogP contribution in [0.25, 0.3) is 0 Å². The molecule has 9 heavy (non-hydrogen) atoms. The summed E-state index contributed by atoms with van der Waals surface area (Å²) in [6.07, 6.45) is 0.395. The van der Waals surface area contributed by atoms with Gasteiger partial charge in [-0.15, -0.1) is 0 Å². The van der Waals surface area contributed by atoms with E-state index in [9.17, 15) is 13.0 Å². The number of rotatable bonds is 2. The Morgan fingerprint density at radius 3 is 1.89 bits per heavy atom. The average Bonchev–Trinajstić information content (AvgIpc) is 1.62. The minimum atomic E-state index is -4.00. The standard InChI is InChI=1S/C4H10O3S.Na/c1-3-4(2)8(5,6)7;/h4H,3H2,1-2H3,(H,5,6,7);/q;+1/p-1/t4-;/m1./s1. The Bertz CT molecular complexity index is 151. The molecule has 0 fully saturated rings. The van der Waals surface area contributed by atoms with Crippen LogP contribution in [0.2, 0.25) is 0 Å². The van der Waals surface area contributed by atoms with Crippen LogP contribution in [-0.2, 0) is 10.1 Å². The molecule has 50 valence electrons. The molecule has 0 aromatic rings. The first-order valence-electron chi connectivity index (χ1n) is 2.43. The van der Waals surface area contributed by atoms with Gasteiger partial charge in [0.1, 0.15) is 0 Å². The first-order valence-corrected chi connectivity index (χ1v) is 3.90. The molecule has 0 amide bonds. The molecule has 0 unspecified atom stereocenters. The monoisotopic (exact) mass is 160 g/mol. The summed E-state index contributed by atoms with van der Waals surface area (Å²) in [5.74, 6) is 0. The molecule has 0 heterocycles. The van der Waals surface area contributed by atoms with Gasteiger partial charge in [0.25, 0.3) is 0 Å². The predicted octanol–water partition coefficient (Wildman–Crippen LogP) is -2.67. The second-order valence-electron chi connectivity index (χ2n) is 1.71. The summed E-state index contributed by atoms with van der Waals surface area (Å²) >= 11 is 0. The molecule has 5 heteroatoms. The normalized spacial score (nSPS) is 14.1. The molecule has 1 atom stereocenters. The van der Waals surface area contributed by atoms with Crippen molar-refractivity contribution in [3.8, 4) is 0 Å². The maximum absolute atomic E-state index is 10.0. The Morgan fingerprint density at radius 2 is 1.89 bits per heavy atom. The molecule has 0 radical (unpaired) electrons. The van der Waals surface area contributed by atoms with Crippen molar-refractivity contribution >= 4 is 10.1 Å². The molecule has 0 aromatic carbocycles. The van der Waals surface area contributed by atoms with E-state index in [0.29, 0.717) is 6.42 Å². The van der Waals surface area contributed by atoms with E-state index in [2.05, 4.69) is 0 Å². The maximum atomic E-state index is 10.0. The van der Waals surface area contributed by atoms with Gasteiger partial charge in [-0.1, -0.05) is 6.92 Å². The van der Waals surface area contributed by atoms with Gasteiger partial charge in [-0.05, 0) is 13.3 Å². The molecule has 0 saturated carbocycles. The summed E-state index contributed by atoms with van der Waals surface area (Å²) in [4.78, 5) is 0. The van der Waals surface area contributed by atoms with Crippen LogP contribution in [0.4, 0.5) is 0 Å². The zero-order valence-electron chi connectivity index (χ0n) is 5.92. The zero-order valence-corrected chi connectivity index (χ0v) is 8.73. The summed E-state index contributed by atoms with van der Waals surface area (Å²) < 4.78 is 30.0. The largest absolute Gasteiger partial charge is 1.00 e. The Labute approximate surface area is 77.9 Å². The SMILES string of the molecule is CC[C@@H](C)S(=O)(=O)[O-].[Na+]. The third-order valence-corrected chi connectivity index (χ3v) is 2.39. The molecule has 0 aliphatic heterocycles. The van der Waals surface area contributed by atoms with E-state index in [1.807, 2.05) is 0 Å². The first kappa shape index (κ1) is 12.6. The first-order chi connectivity index (χ1) is 3.48. The van der Waals surface area contributed by atoms with Crippen molar-refractivity contribution in [3.63, 3.8) is 0 Å². The van der Waals surface area contributed by atoms with Gasteiger partial charge in [-0.25, -0.2) is 8.42 Å². The Morgan fingerprint density at radius 1 is 1.56 bits per heavy atom. The molecule has 0 spiro atoms. The van der Waals surface area contributed by atoms with Crippen LogP contribution in [-0.4, -0.2) is 18.2 Å². The van der Waals surface area contributed by atoms with Crippen LogP contribution in [0.5, 0.6) is 0 Å². The fourth-order valence-electron chi connectivity index (χ4n) is 0.204. The fraction of sp³-hybridized carbons (Fsp3) is 1.00. The van der Waals surface area contributed by atoms with E-state index in [-0.39, 0.29) is 29.6 Å². The number of hydrogen-bond donors (Lipinski definition) is 0. The molecule has 0 rings (SSSR count). The topological polar surface area (TPSA) is 57.2 Å². The van der Waals surface area contributed by atoms with E-state index in [0.717, 1.165) is 0 Å². The van der Waals surface area contributed by atoms with Gasteiger partial charge in [-0.3, -0.25) is 0 Å². The van der Waals surface area contributed by atoms with Crippen molar-refractivity contribution in [2.24, 2.45) is 0 Å². The second kappa shape index (κ2) is 4.68. The molecule has 3 nitrogen and oxygen atoms in total. The van der Waals surface area contributed by atoms with Crippen LogP contribution < -0.4 is 29.6 Å². The molecular weight excluding hydrogens is 151 g/mol. The van der Waals surface area contributed by atoms with Crippen LogP contribution in [0.1, 0.15) is 20.3 Å². The molecule has 0 aromatic heterocycles. The van der Waals surface area contributed by atoms with Gasteiger partial charge in [0.05, 0.1) is 10.1 Å². The van der Waals surface area contributed by atoms with Gasteiger partial charge in [0, 0.05) is 5.25 Å². The van der Waals surface area contributed by atoms with Gasteiger partial charge in [0.2, 0.25) is 0 Å². The molecular formula is C4H9NaO3S. The summed E-state index contributed by atoms with van der Waals surface area (Å²) in [5, 5.41) is -0.734. The van der Waals surface area contributed by atoms with Crippen LogP contribution in [0.15, 0.2) is 0 Å². The van der Waals surface area contributed by atoms with Gasteiger partial charge in [-0.2, -0.15) is 0 Å². The fourth-order valence-corrected chi connectivity index (χ4v) is 0.612. The average molecular weight is 160 g/mol. The van der Waals surface area contributed by atoms with E-state index in [1.165, 1.54) is 6.92 Å². The summed E-state index contributed by atoms with van der Waals surface area (Å²) in [6, 6.07) is 0. The van der Waals surface area contributed by atoms with Crippen molar-refractivity contribution < 1.29 is 42.5 Å². The zero-order chi connectivity index (χ0) is 6.78. The van der Waals surface area contributed by atoms with E-state index < -0.39 is 15.4 Å². The van der Waals surface area contributed by atoms with Gasteiger partial charge >= 0.3 is 29.6 Å². The van der Waals surface area contributed by atoms with E-state index in [4.69, 9.17) is 0 Å². The van der Waals surface area contributed by atoms with Crippen molar-refractivity contribution in [3.05, 3.63) is 0 Å². The summed E-state index contributed by atoms with van der Waals surface area (Å²) in [6.45, 7) is 3.07. The minimum absolute atomic E-state index is 0. The van der Waals surface area contributed by atoms with Crippen molar-refractivity contribution in [2.75, 3.05) is 0 Å². The third-order valence-electron chi connectivity index (χ3n) is 1.07. The van der Waals surface area contributed by atoms with Gasteiger partial charge < -0.3 is 4.55 Å². The van der Waals surface area contributed by atoms with Crippen molar-refractivity contribution in [1.82, 2.24) is 0 Å². The summed E-state index contributed by atoms with van der Waals surface area (Å²) in [7, 11) is -4.00. The van der Waals surface area contributed by atoms with Crippen molar-refractivity contribution in [1.29, 1.82) is 0 Å². The number of hydrogen-bond acceptors (Lipinski definition) is 3. The molecule has 0 aliphatic rings. The molecule has 0 saturated heterocycles. The second-order valence-corrected chi connectivity index (χ2v) is 3.50. The van der Waals surface area contributed by atoms with Crippen molar-refractivity contribution in [2.45, 2.75) is 25.5 Å².